The van der Waals surface area contributed by atoms with E-state index in [4.69, 9.17) is 27.9 Å². The van der Waals surface area contributed by atoms with Gasteiger partial charge >= 0.3 is 0 Å². The molecule has 0 saturated carbocycles. The van der Waals surface area contributed by atoms with E-state index < -0.39 is 0 Å². The average Bonchev–Trinajstić information content (AvgIpc) is 2.49. The zero-order valence-electron chi connectivity index (χ0n) is 12.7. The highest BCUT2D eigenvalue weighted by atomic mass is 79.9. The minimum atomic E-state index is -0.275. The van der Waals surface area contributed by atoms with Crippen molar-refractivity contribution in [3.8, 4) is 5.75 Å². The van der Waals surface area contributed by atoms with Crippen LogP contribution in [0, 0.1) is 0 Å². The molecule has 6 heteroatoms. The van der Waals surface area contributed by atoms with E-state index in [0.717, 1.165) is 4.47 Å². The van der Waals surface area contributed by atoms with Gasteiger partial charge in [-0.05, 0) is 57.7 Å². The van der Waals surface area contributed by atoms with Crippen LogP contribution in [0.2, 0.25) is 10.0 Å². The van der Waals surface area contributed by atoms with E-state index in [9.17, 15) is 4.79 Å². The normalized spacial score (nSPS) is 10.7. The fourth-order valence-electron chi connectivity index (χ4n) is 1.91. The second-order valence-corrected chi connectivity index (χ2v) is 6.98. The molecule has 122 valence electrons. The molecular formula is C17H16BrCl2NO2. The van der Waals surface area contributed by atoms with Crippen LogP contribution < -0.4 is 10.1 Å². The van der Waals surface area contributed by atoms with Crippen molar-refractivity contribution in [1.29, 1.82) is 0 Å². The van der Waals surface area contributed by atoms with Crippen molar-refractivity contribution < 1.29 is 9.53 Å². The molecule has 0 aliphatic heterocycles. The van der Waals surface area contributed by atoms with Gasteiger partial charge in [0.1, 0.15) is 5.75 Å². The number of anilines is 1. The highest BCUT2D eigenvalue weighted by Crippen LogP contribution is 2.29. The summed E-state index contributed by atoms with van der Waals surface area (Å²) in [6.45, 7) is 4.14. The molecule has 0 spiro atoms. The molecule has 2 rings (SSSR count). The zero-order chi connectivity index (χ0) is 17.0. The Morgan fingerprint density at radius 3 is 2.52 bits per heavy atom. The number of hydrogen-bond acceptors (Lipinski definition) is 2. The molecule has 0 saturated heterocycles. The van der Waals surface area contributed by atoms with Gasteiger partial charge in [0.25, 0.3) is 5.91 Å². The van der Waals surface area contributed by atoms with E-state index in [2.05, 4.69) is 35.1 Å². The van der Waals surface area contributed by atoms with Crippen molar-refractivity contribution >= 4 is 50.7 Å². The van der Waals surface area contributed by atoms with Gasteiger partial charge < -0.3 is 10.1 Å². The minimum Gasteiger partial charge on any atom is -0.483 e. The summed E-state index contributed by atoms with van der Waals surface area (Å²) in [6, 6.07) is 10.7. The van der Waals surface area contributed by atoms with Crippen molar-refractivity contribution in [1.82, 2.24) is 0 Å². The first-order chi connectivity index (χ1) is 10.9. The van der Waals surface area contributed by atoms with Crippen LogP contribution in [0.15, 0.2) is 40.9 Å². The van der Waals surface area contributed by atoms with Crippen molar-refractivity contribution in [2.45, 2.75) is 19.8 Å². The van der Waals surface area contributed by atoms with Crippen molar-refractivity contribution in [2.75, 3.05) is 11.9 Å². The summed E-state index contributed by atoms with van der Waals surface area (Å²) in [4.78, 5) is 11.9. The molecule has 3 nitrogen and oxygen atoms in total. The van der Waals surface area contributed by atoms with Gasteiger partial charge in [0.15, 0.2) is 6.61 Å². The van der Waals surface area contributed by atoms with Crippen LogP contribution in [0.25, 0.3) is 0 Å². The minimum absolute atomic E-state index is 0.0974. The van der Waals surface area contributed by atoms with Crippen LogP contribution in [0.4, 0.5) is 5.69 Å². The van der Waals surface area contributed by atoms with E-state index >= 15 is 0 Å². The molecule has 0 aromatic heterocycles. The van der Waals surface area contributed by atoms with E-state index in [1.165, 1.54) is 5.56 Å². The molecular weight excluding hydrogens is 401 g/mol. The lowest BCUT2D eigenvalue weighted by Crippen LogP contribution is -2.20. The molecule has 0 bridgehead atoms. The number of ether oxygens (including phenoxy) is 1. The summed E-state index contributed by atoms with van der Waals surface area (Å²) in [7, 11) is 0. The smallest absolute Gasteiger partial charge is 0.262 e. The highest BCUT2D eigenvalue weighted by molar-refractivity contribution is 9.10. The number of nitrogens with one attached hydrogen (secondary N) is 1. The number of halogens is 3. The van der Waals surface area contributed by atoms with Crippen LogP contribution in [-0.4, -0.2) is 12.5 Å². The number of rotatable bonds is 5. The predicted octanol–water partition coefficient (Wildman–Crippen LogP) is 5.90. The van der Waals surface area contributed by atoms with Gasteiger partial charge in [0.05, 0.1) is 14.5 Å². The first kappa shape index (κ1) is 18.1. The number of benzene rings is 2. The third kappa shape index (κ3) is 5.13. The van der Waals surface area contributed by atoms with E-state index in [0.29, 0.717) is 27.4 Å². The maximum atomic E-state index is 11.9. The van der Waals surface area contributed by atoms with Gasteiger partial charge in [-0.1, -0.05) is 43.1 Å². The van der Waals surface area contributed by atoms with E-state index in [1.54, 1.807) is 18.2 Å². The van der Waals surface area contributed by atoms with E-state index in [-0.39, 0.29) is 12.5 Å². The Hall–Kier alpha value is -1.23. The van der Waals surface area contributed by atoms with Crippen molar-refractivity contribution in [3.05, 3.63) is 56.5 Å². The molecule has 23 heavy (non-hydrogen) atoms. The van der Waals surface area contributed by atoms with Crippen LogP contribution in [0.1, 0.15) is 25.3 Å². The number of carbonyl (C=O) groups excluding carboxylic acids is 1. The Balaban J connectivity index is 1.95. The lowest BCUT2D eigenvalue weighted by molar-refractivity contribution is -0.118. The average molecular weight is 417 g/mol. The lowest BCUT2D eigenvalue weighted by Gasteiger charge is -2.12. The van der Waals surface area contributed by atoms with Gasteiger partial charge in [0.2, 0.25) is 0 Å². The first-order valence-corrected chi connectivity index (χ1v) is 8.59. The van der Waals surface area contributed by atoms with Crippen molar-refractivity contribution in [3.63, 3.8) is 0 Å². The van der Waals surface area contributed by atoms with Gasteiger partial charge in [0, 0.05) is 5.69 Å². The summed E-state index contributed by atoms with van der Waals surface area (Å²) in [5, 5.41) is 3.53. The molecule has 0 radical (unpaired) electrons. The quantitative estimate of drug-likeness (QED) is 0.659. The highest BCUT2D eigenvalue weighted by Gasteiger charge is 2.09. The largest absolute Gasteiger partial charge is 0.483 e. The standard InChI is InChI=1S/C17H16BrCl2NO2/c1-10(2)11-3-6-16(13(18)7-11)23-9-17(22)21-12-4-5-14(19)15(20)8-12/h3-8,10H,9H2,1-2H3,(H,21,22). The lowest BCUT2D eigenvalue weighted by atomic mass is 10.0. The number of hydrogen-bond donors (Lipinski definition) is 1. The van der Waals surface area contributed by atoms with Crippen LogP contribution in [-0.2, 0) is 4.79 Å². The van der Waals surface area contributed by atoms with E-state index in [1.807, 2.05) is 18.2 Å². The maximum Gasteiger partial charge on any atom is 0.262 e. The molecule has 0 aliphatic carbocycles. The van der Waals surface area contributed by atoms with Gasteiger partial charge in [-0.15, -0.1) is 0 Å². The molecule has 0 heterocycles. The molecule has 2 aromatic rings. The number of carbonyl (C=O) groups is 1. The second-order valence-electron chi connectivity index (χ2n) is 5.31. The SMILES string of the molecule is CC(C)c1ccc(OCC(=O)Nc2ccc(Cl)c(Cl)c2)c(Br)c1. The van der Waals surface area contributed by atoms with Gasteiger partial charge in [-0.2, -0.15) is 0 Å². The third-order valence-electron chi connectivity index (χ3n) is 3.18. The Morgan fingerprint density at radius 2 is 1.91 bits per heavy atom. The Kier molecular flexibility index (Phi) is 6.33. The summed E-state index contributed by atoms with van der Waals surface area (Å²) in [5.41, 5.74) is 1.77. The van der Waals surface area contributed by atoms with Gasteiger partial charge in [-0.3, -0.25) is 4.79 Å². The van der Waals surface area contributed by atoms with Crippen molar-refractivity contribution in [2.24, 2.45) is 0 Å². The summed E-state index contributed by atoms with van der Waals surface area (Å²) in [6.07, 6.45) is 0. The van der Waals surface area contributed by atoms with Crippen LogP contribution in [0.3, 0.4) is 0 Å². The Bertz CT molecular complexity index is 720. The summed E-state index contributed by atoms with van der Waals surface area (Å²) >= 11 is 15.2. The summed E-state index contributed by atoms with van der Waals surface area (Å²) in [5.74, 6) is 0.778. The Labute approximate surface area is 154 Å². The predicted molar refractivity (Wildman–Crippen MR) is 98.8 cm³/mol. The second kappa shape index (κ2) is 8.04. The molecule has 0 fully saturated rings. The fraction of sp³-hybridized carbons (Fsp3) is 0.235. The van der Waals surface area contributed by atoms with Crippen LogP contribution in [0.5, 0.6) is 5.75 Å². The molecule has 2 aromatic carbocycles. The molecule has 0 unspecified atom stereocenters. The summed E-state index contributed by atoms with van der Waals surface area (Å²) < 4.78 is 6.37. The zero-order valence-corrected chi connectivity index (χ0v) is 15.8. The molecule has 1 N–H and O–H groups in total. The topological polar surface area (TPSA) is 38.3 Å². The van der Waals surface area contributed by atoms with Gasteiger partial charge in [-0.25, -0.2) is 0 Å². The fourth-order valence-corrected chi connectivity index (χ4v) is 2.72. The molecule has 0 atom stereocenters. The third-order valence-corrected chi connectivity index (χ3v) is 4.54. The first-order valence-electron chi connectivity index (χ1n) is 7.04. The van der Waals surface area contributed by atoms with Crippen LogP contribution >= 0.6 is 39.1 Å². The molecule has 0 aliphatic rings. The molecule has 1 amide bonds. The number of amides is 1. The monoisotopic (exact) mass is 415 g/mol. The Morgan fingerprint density at radius 1 is 1.17 bits per heavy atom. The maximum absolute atomic E-state index is 11.9.